The fraction of sp³-hybridized carbons (Fsp3) is 0.611. The van der Waals surface area contributed by atoms with E-state index in [1.807, 2.05) is 24.3 Å². The molecule has 2 heterocycles. The minimum Gasteiger partial charge on any atom is -0.492 e. The quantitative estimate of drug-likeness (QED) is 0.295. The molecule has 0 aliphatic carbocycles. The van der Waals surface area contributed by atoms with Gasteiger partial charge in [0, 0.05) is 31.8 Å². The number of rotatable bonds is 5. The van der Waals surface area contributed by atoms with E-state index < -0.39 is 0 Å². The minimum atomic E-state index is 0. The van der Waals surface area contributed by atoms with Crippen molar-refractivity contribution in [1.82, 2.24) is 10.2 Å². The summed E-state index contributed by atoms with van der Waals surface area (Å²) in [6.07, 6.45) is 2.55. The Bertz CT molecular complexity index is 567. The molecule has 8 heteroatoms. The Balaban J connectivity index is 0.00000243. The molecule has 2 atom stereocenters. The van der Waals surface area contributed by atoms with Crippen molar-refractivity contribution < 1.29 is 14.2 Å². The van der Waals surface area contributed by atoms with Gasteiger partial charge in [0.25, 0.3) is 0 Å². The standard InChI is InChI=1S/C18H26ClN3O3.HI/c1-20-18(21-8-11-23-15-6-4-14(19)5-7-15)22-9-12-25-17(13-22)16-3-2-10-24-16;/h4-7,16-17H,2-3,8-13H2,1H3,(H,20,21);1H. The van der Waals surface area contributed by atoms with Crippen molar-refractivity contribution >= 4 is 41.5 Å². The Labute approximate surface area is 177 Å². The third-order valence-electron chi connectivity index (χ3n) is 4.45. The molecule has 2 aliphatic rings. The number of hydrogen-bond donors (Lipinski definition) is 1. The number of nitrogens with one attached hydrogen (secondary N) is 1. The molecule has 2 saturated heterocycles. The normalized spacial score (nSPS) is 23.5. The zero-order valence-electron chi connectivity index (χ0n) is 15.0. The van der Waals surface area contributed by atoms with E-state index >= 15 is 0 Å². The van der Waals surface area contributed by atoms with Crippen molar-refractivity contribution in [3.63, 3.8) is 0 Å². The lowest BCUT2D eigenvalue weighted by atomic mass is 10.1. The number of aliphatic imine (C=N–C) groups is 1. The largest absolute Gasteiger partial charge is 0.492 e. The smallest absolute Gasteiger partial charge is 0.193 e. The SMILES string of the molecule is CN=C(NCCOc1ccc(Cl)cc1)N1CCOC(C2CCCO2)C1.I. The molecule has 1 N–H and O–H groups in total. The third-order valence-corrected chi connectivity index (χ3v) is 4.70. The first-order valence-electron chi connectivity index (χ1n) is 8.83. The van der Waals surface area contributed by atoms with E-state index in [4.69, 9.17) is 25.8 Å². The summed E-state index contributed by atoms with van der Waals surface area (Å²) in [6.45, 7) is 4.42. The molecule has 1 aromatic rings. The maximum atomic E-state index is 5.89. The first-order chi connectivity index (χ1) is 12.3. The molecule has 0 aromatic heterocycles. The van der Waals surface area contributed by atoms with Crippen LogP contribution in [0.4, 0.5) is 0 Å². The van der Waals surface area contributed by atoms with Crippen LogP contribution in [-0.4, -0.2) is 69.6 Å². The topological polar surface area (TPSA) is 55.3 Å². The van der Waals surface area contributed by atoms with Crippen LogP contribution in [0.5, 0.6) is 5.75 Å². The summed E-state index contributed by atoms with van der Waals surface area (Å²) in [6, 6.07) is 7.38. The molecular formula is C18H27ClIN3O3. The second-order valence-corrected chi connectivity index (χ2v) is 6.62. The number of ether oxygens (including phenoxy) is 3. The van der Waals surface area contributed by atoms with Crippen LogP contribution >= 0.6 is 35.6 Å². The molecule has 26 heavy (non-hydrogen) atoms. The average Bonchev–Trinajstić information content (AvgIpc) is 3.18. The summed E-state index contributed by atoms with van der Waals surface area (Å²) >= 11 is 5.87. The molecule has 146 valence electrons. The van der Waals surface area contributed by atoms with E-state index in [1.165, 1.54) is 0 Å². The molecule has 2 aliphatic heterocycles. The van der Waals surface area contributed by atoms with Crippen LogP contribution in [0, 0.1) is 0 Å². The van der Waals surface area contributed by atoms with Gasteiger partial charge in [-0.3, -0.25) is 4.99 Å². The molecule has 1 aromatic carbocycles. The zero-order chi connectivity index (χ0) is 17.5. The predicted molar refractivity (Wildman–Crippen MR) is 114 cm³/mol. The number of nitrogens with zero attached hydrogens (tertiary/aromatic N) is 2. The molecule has 2 fully saturated rings. The Morgan fingerprint density at radius 1 is 1.27 bits per heavy atom. The van der Waals surface area contributed by atoms with Gasteiger partial charge in [0.05, 0.1) is 19.3 Å². The summed E-state index contributed by atoms with van der Waals surface area (Å²) in [4.78, 5) is 6.63. The highest BCUT2D eigenvalue weighted by Crippen LogP contribution is 2.21. The van der Waals surface area contributed by atoms with Crippen LogP contribution in [0.15, 0.2) is 29.3 Å². The molecule has 0 amide bonds. The van der Waals surface area contributed by atoms with Crippen molar-refractivity contribution in [1.29, 1.82) is 0 Å². The third kappa shape index (κ3) is 6.14. The predicted octanol–water partition coefficient (Wildman–Crippen LogP) is 2.79. The fourth-order valence-corrected chi connectivity index (χ4v) is 3.31. The maximum absolute atomic E-state index is 5.89. The molecule has 3 rings (SSSR count). The lowest BCUT2D eigenvalue weighted by Gasteiger charge is -2.37. The molecule has 6 nitrogen and oxygen atoms in total. The van der Waals surface area contributed by atoms with Gasteiger partial charge in [-0.1, -0.05) is 11.6 Å². The summed E-state index contributed by atoms with van der Waals surface area (Å²) in [5.74, 6) is 1.69. The molecule has 2 unspecified atom stereocenters. The van der Waals surface area contributed by atoms with Crippen molar-refractivity contribution in [2.45, 2.75) is 25.0 Å². The summed E-state index contributed by atoms with van der Waals surface area (Å²) in [5, 5.41) is 4.07. The number of hydrogen-bond acceptors (Lipinski definition) is 4. The van der Waals surface area contributed by atoms with Crippen molar-refractivity contribution in [3.8, 4) is 5.75 Å². The van der Waals surface area contributed by atoms with E-state index in [2.05, 4.69) is 15.2 Å². The van der Waals surface area contributed by atoms with Crippen molar-refractivity contribution in [2.24, 2.45) is 4.99 Å². The van der Waals surface area contributed by atoms with Crippen LogP contribution < -0.4 is 10.1 Å². The van der Waals surface area contributed by atoms with E-state index in [9.17, 15) is 0 Å². The number of morpholine rings is 1. The van der Waals surface area contributed by atoms with Crippen molar-refractivity contribution in [3.05, 3.63) is 29.3 Å². The molecule has 0 bridgehead atoms. The van der Waals surface area contributed by atoms with Crippen LogP contribution in [0.1, 0.15) is 12.8 Å². The van der Waals surface area contributed by atoms with Gasteiger partial charge in [0.2, 0.25) is 0 Å². The van der Waals surface area contributed by atoms with Crippen LogP contribution in [0.25, 0.3) is 0 Å². The first kappa shape index (κ1) is 21.5. The van der Waals surface area contributed by atoms with Gasteiger partial charge in [0.15, 0.2) is 5.96 Å². The highest BCUT2D eigenvalue weighted by Gasteiger charge is 2.32. The van der Waals surface area contributed by atoms with Gasteiger partial charge < -0.3 is 24.4 Å². The van der Waals surface area contributed by atoms with Gasteiger partial charge in [-0.2, -0.15) is 0 Å². The van der Waals surface area contributed by atoms with Gasteiger partial charge >= 0.3 is 0 Å². The number of benzene rings is 1. The lowest BCUT2D eigenvalue weighted by molar-refractivity contribution is -0.0817. The second-order valence-electron chi connectivity index (χ2n) is 6.18. The first-order valence-corrected chi connectivity index (χ1v) is 9.21. The fourth-order valence-electron chi connectivity index (χ4n) is 3.18. The lowest BCUT2D eigenvalue weighted by Crippen LogP contribution is -2.53. The zero-order valence-corrected chi connectivity index (χ0v) is 18.1. The Morgan fingerprint density at radius 3 is 2.73 bits per heavy atom. The highest BCUT2D eigenvalue weighted by atomic mass is 127. The molecule has 0 spiro atoms. The van der Waals surface area contributed by atoms with E-state index in [0.29, 0.717) is 24.8 Å². The minimum absolute atomic E-state index is 0. The van der Waals surface area contributed by atoms with Gasteiger partial charge in [0.1, 0.15) is 18.5 Å². The second kappa shape index (κ2) is 11.2. The molecule has 0 saturated carbocycles. The Morgan fingerprint density at radius 2 is 2.04 bits per heavy atom. The van der Waals surface area contributed by atoms with Gasteiger partial charge in [-0.25, -0.2) is 0 Å². The van der Waals surface area contributed by atoms with Gasteiger partial charge in [-0.05, 0) is 37.1 Å². The molecular weight excluding hydrogens is 469 g/mol. The highest BCUT2D eigenvalue weighted by molar-refractivity contribution is 14.0. The monoisotopic (exact) mass is 495 g/mol. The summed E-state index contributed by atoms with van der Waals surface area (Å²) in [5.41, 5.74) is 0. The summed E-state index contributed by atoms with van der Waals surface area (Å²) < 4.78 is 17.4. The average molecular weight is 496 g/mol. The van der Waals surface area contributed by atoms with Crippen LogP contribution in [0.2, 0.25) is 5.02 Å². The van der Waals surface area contributed by atoms with Crippen molar-refractivity contribution in [2.75, 3.05) is 46.5 Å². The van der Waals surface area contributed by atoms with E-state index in [-0.39, 0.29) is 36.2 Å². The van der Waals surface area contributed by atoms with E-state index in [1.54, 1.807) is 7.05 Å². The number of guanidine groups is 1. The van der Waals surface area contributed by atoms with E-state index in [0.717, 1.165) is 44.2 Å². The van der Waals surface area contributed by atoms with Crippen LogP contribution in [0.3, 0.4) is 0 Å². The summed E-state index contributed by atoms with van der Waals surface area (Å²) in [7, 11) is 1.80. The van der Waals surface area contributed by atoms with Gasteiger partial charge in [-0.15, -0.1) is 24.0 Å². The maximum Gasteiger partial charge on any atom is 0.193 e. The Hall–Kier alpha value is -0.770. The Kier molecular flexibility index (Phi) is 9.24. The number of halogens is 2. The molecule has 0 radical (unpaired) electrons. The van der Waals surface area contributed by atoms with Crippen LogP contribution in [-0.2, 0) is 9.47 Å².